The highest BCUT2D eigenvalue weighted by atomic mass is 15.2. The topological polar surface area (TPSA) is 67.6 Å². The molecule has 3 rings (SSSR count). The maximum Gasteiger partial charge on any atom is 0.161 e. The Hall–Kier alpha value is -1.68. The Balaban J connectivity index is 2.06. The van der Waals surface area contributed by atoms with Gasteiger partial charge in [0.05, 0.1) is 12.0 Å². The predicted molar refractivity (Wildman–Crippen MR) is 74.6 cm³/mol. The predicted octanol–water partition coefficient (Wildman–Crippen LogP) is 2.51. The summed E-state index contributed by atoms with van der Waals surface area (Å²) in [7, 11) is 0. The first-order valence-electron chi connectivity index (χ1n) is 7.02. The van der Waals surface area contributed by atoms with Crippen LogP contribution in [-0.2, 0) is 12.0 Å². The Labute approximate surface area is 113 Å². The van der Waals surface area contributed by atoms with Gasteiger partial charge >= 0.3 is 0 Å². The van der Waals surface area contributed by atoms with Crippen LogP contribution in [0.3, 0.4) is 0 Å². The van der Waals surface area contributed by atoms with E-state index >= 15 is 0 Å². The fraction of sp³-hybridized carbons (Fsp3) is 0.467. The van der Waals surface area contributed by atoms with Crippen LogP contribution >= 0.6 is 0 Å². The van der Waals surface area contributed by atoms with Crippen LogP contribution in [0.1, 0.15) is 49.3 Å². The minimum absolute atomic E-state index is 0.0244. The Morgan fingerprint density at radius 3 is 2.47 bits per heavy atom. The zero-order valence-electron chi connectivity index (χ0n) is 11.1. The van der Waals surface area contributed by atoms with E-state index < -0.39 is 0 Å². The van der Waals surface area contributed by atoms with Crippen molar-refractivity contribution in [1.29, 1.82) is 0 Å². The molecular formula is C15H20N4. The van der Waals surface area contributed by atoms with E-state index in [-0.39, 0.29) is 5.41 Å². The van der Waals surface area contributed by atoms with Gasteiger partial charge in [0.25, 0.3) is 0 Å². The molecule has 4 heteroatoms. The molecule has 0 radical (unpaired) electrons. The third kappa shape index (κ3) is 2.16. The summed E-state index contributed by atoms with van der Waals surface area (Å²) >= 11 is 0. The van der Waals surface area contributed by atoms with Gasteiger partial charge in [-0.05, 0) is 18.4 Å². The molecule has 0 amide bonds. The van der Waals surface area contributed by atoms with Gasteiger partial charge in [0.15, 0.2) is 5.82 Å². The molecule has 4 nitrogen and oxygen atoms in total. The Bertz CT molecular complexity index is 526. The summed E-state index contributed by atoms with van der Waals surface area (Å²) in [5, 5.41) is 7.40. The number of H-pyrrole nitrogens is 1. The molecule has 3 N–H and O–H groups in total. The Morgan fingerprint density at radius 2 is 1.84 bits per heavy atom. The van der Waals surface area contributed by atoms with E-state index in [9.17, 15) is 0 Å². The lowest BCUT2D eigenvalue weighted by Crippen LogP contribution is -2.31. The van der Waals surface area contributed by atoms with Crippen molar-refractivity contribution in [2.75, 3.05) is 0 Å². The maximum atomic E-state index is 5.64. The molecule has 0 unspecified atom stereocenters. The summed E-state index contributed by atoms with van der Waals surface area (Å²) in [6.07, 6.45) is 6.03. The van der Waals surface area contributed by atoms with Crippen molar-refractivity contribution in [3.63, 3.8) is 0 Å². The lowest BCUT2D eigenvalue weighted by Gasteiger charge is -2.35. The highest BCUT2D eigenvalue weighted by molar-refractivity contribution is 5.33. The third-order valence-corrected chi connectivity index (χ3v) is 4.19. The molecule has 0 spiro atoms. The first kappa shape index (κ1) is 12.4. The summed E-state index contributed by atoms with van der Waals surface area (Å²) < 4.78 is 0. The molecule has 0 bridgehead atoms. The molecule has 2 aromatic rings. The largest absolute Gasteiger partial charge is 0.324 e. The summed E-state index contributed by atoms with van der Waals surface area (Å²) in [6.45, 7) is 0.415. The second kappa shape index (κ2) is 5.13. The second-order valence-corrected chi connectivity index (χ2v) is 5.32. The number of aromatic amines is 1. The van der Waals surface area contributed by atoms with Crippen molar-refractivity contribution in [2.24, 2.45) is 5.73 Å². The quantitative estimate of drug-likeness (QED) is 0.886. The summed E-state index contributed by atoms with van der Waals surface area (Å²) in [4.78, 5) is 4.61. The number of nitrogens with zero attached hydrogens (tertiary/aromatic N) is 2. The average Bonchev–Trinajstić information content (AvgIpc) is 2.98. The fourth-order valence-corrected chi connectivity index (χ4v) is 3.15. The molecule has 1 aliphatic carbocycles. The van der Waals surface area contributed by atoms with Crippen LogP contribution in [0.5, 0.6) is 0 Å². The number of nitrogens with one attached hydrogen (secondary N) is 1. The van der Waals surface area contributed by atoms with Gasteiger partial charge in [-0.3, -0.25) is 5.10 Å². The number of nitrogens with two attached hydrogens (primary N) is 1. The lowest BCUT2D eigenvalue weighted by molar-refractivity contribution is 0.331. The van der Waals surface area contributed by atoms with Crippen LogP contribution in [0.25, 0.3) is 0 Å². The van der Waals surface area contributed by atoms with Crippen molar-refractivity contribution < 1.29 is 0 Å². The fourth-order valence-electron chi connectivity index (χ4n) is 3.15. The van der Waals surface area contributed by atoms with Crippen molar-refractivity contribution in [2.45, 2.75) is 44.1 Å². The van der Waals surface area contributed by atoms with Crippen LogP contribution in [0, 0.1) is 0 Å². The van der Waals surface area contributed by atoms with E-state index in [2.05, 4.69) is 45.5 Å². The maximum absolute atomic E-state index is 5.64. The number of benzene rings is 1. The molecule has 100 valence electrons. The van der Waals surface area contributed by atoms with Crippen LogP contribution < -0.4 is 5.73 Å². The molecule has 1 aromatic heterocycles. The van der Waals surface area contributed by atoms with E-state index in [4.69, 9.17) is 5.73 Å². The Kier molecular flexibility index (Phi) is 3.34. The van der Waals surface area contributed by atoms with Gasteiger partial charge in [-0.2, -0.15) is 5.10 Å². The smallest absolute Gasteiger partial charge is 0.161 e. The van der Waals surface area contributed by atoms with Crippen molar-refractivity contribution in [1.82, 2.24) is 15.2 Å². The molecule has 1 aliphatic rings. The molecule has 0 saturated heterocycles. The van der Waals surface area contributed by atoms with Gasteiger partial charge < -0.3 is 5.73 Å². The van der Waals surface area contributed by atoms with E-state index in [0.29, 0.717) is 6.54 Å². The standard InChI is InChI=1S/C15H20N4/c16-11-13-17-14(19-18-13)15(9-5-2-6-10-15)12-7-3-1-4-8-12/h1,3-4,7-8H,2,5-6,9-11,16H2,(H,17,18,19). The normalized spacial score (nSPS) is 18.4. The van der Waals surface area contributed by atoms with Gasteiger partial charge in [0.1, 0.15) is 5.82 Å². The highest BCUT2D eigenvalue weighted by Crippen LogP contribution is 2.43. The van der Waals surface area contributed by atoms with Crippen LogP contribution in [-0.4, -0.2) is 15.2 Å². The first-order valence-corrected chi connectivity index (χ1v) is 7.02. The summed E-state index contributed by atoms with van der Waals surface area (Å²) in [6, 6.07) is 10.7. The second-order valence-electron chi connectivity index (χ2n) is 5.32. The molecule has 0 aliphatic heterocycles. The molecule has 1 fully saturated rings. The molecule has 19 heavy (non-hydrogen) atoms. The van der Waals surface area contributed by atoms with E-state index in [1.165, 1.54) is 24.8 Å². The van der Waals surface area contributed by atoms with Crippen molar-refractivity contribution >= 4 is 0 Å². The molecular weight excluding hydrogens is 236 g/mol. The highest BCUT2D eigenvalue weighted by Gasteiger charge is 2.39. The molecule has 1 saturated carbocycles. The van der Waals surface area contributed by atoms with Crippen molar-refractivity contribution in [3.8, 4) is 0 Å². The summed E-state index contributed by atoms with van der Waals surface area (Å²) in [5.41, 5.74) is 6.95. The van der Waals surface area contributed by atoms with Gasteiger partial charge in [-0.25, -0.2) is 4.98 Å². The van der Waals surface area contributed by atoms with E-state index in [0.717, 1.165) is 24.5 Å². The van der Waals surface area contributed by atoms with E-state index in [1.54, 1.807) is 0 Å². The number of hydrogen-bond acceptors (Lipinski definition) is 3. The lowest BCUT2D eigenvalue weighted by atomic mass is 9.69. The average molecular weight is 256 g/mol. The number of hydrogen-bond donors (Lipinski definition) is 2. The SMILES string of the molecule is NCc1nc(C2(c3ccccc3)CCCCC2)n[nH]1. The summed E-state index contributed by atoms with van der Waals surface area (Å²) in [5.74, 6) is 1.69. The van der Waals surface area contributed by atoms with Crippen LogP contribution in [0.15, 0.2) is 30.3 Å². The minimum atomic E-state index is -0.0244. The van der Waals surface area contributed by atoms with Crippen LogP contribution in [0.2, 0.25) is 0 Å². The zero-order valence-corrected chi connectivity index (χ0v) is 11.1. The Morgan fingerprint density at radius 1 is 1.11 bits per heavy atom. The number of aromatic nitrogens is 3. The van der Waals surface area contributed by atoms with Gasteiger partial charge in [-0.1, -0.05) is 49.6 Å². The van der Waals surface area contributed by atoms with Gasteiger partial charge in [0, 0.05) is 0 Å². The number of rotatable bonds is 3. The molecule has 1 aromatic carbocycles. The zero-order chi connectivity index (χ0) is 13.1. The molecule has 1 heterocycles. The minimum Gasteiger partial charge on any atom is -0.324 e. The first-order chi connectivity index (χ1) is 9.35. The van der Waals surface area contributed by atoms with Crippen molar-refractivity contribution in [3.05, 3.63) is 47.5 Å². The van der Waals surface area contributed by atoms with Crippen LogP contribution in [0.4, 0.5) is 0 Å². The van der Waals surface area contributed by atoms with E-state index in [1.807, 2.05) is 0 Å². The third-order valence-electron chi connectivity index (χ3n) is 4.19. The van der Waals surface area contributed by atoms with Gasteiger partial charge in [0.2, 0.25) is 0 Å². The van der Waals surface area contributed by atoms with Gasteiger partial charge in [-0.15, -0.1) is 0 Å². The monoisotopic (exact) mass is 256 g/mol. The molecule has 0 atom stereocenters.